The summed E-state index contributed by atoms with van der Waals surface area (Å²) in [6, 6.07) is 154. The molecule has 0 radical (unpaired) electrons. The van der Waals surface area contributed by atoms with Gasteiger partial charge in [0.2, 0.25) is 0 Å². The highest BCUT2D eigenvalue weighted by molar-refractivity contribution is 8.00. The van der Waals surface area contributed by atoms with Gasteiger partial charge in [0.1, 0.15) is 17.5 Å². The molecule has 27 aromatic rings. The molecule has 0 bridgehead atoms. The van der Waals surface area contributed by atoms with E-state index in [-0.39, 0.29) is 0 Å². The summed E-state index contributed by atoms with van der Waals surface area (Å²) in [6.07, 6.45) is 0. The molecule has 0 atom stereocenters. The first-order valence-corrected chi connectivity index (χ1v) is 48.6. The van der Waals surface area contributed by atoms with Crippen molar-refractivity contribution in [3.05, 3.63) is 436 Å². The third kappa shape index (κ3) is 12.0. The maximum absolute atomic E-state index is 4.87. The summed E-state index contributed by atoms with van der Waals surface area (Å²) in [7, 11) is 0. The number of aromatic nitrogens is 6. The summed E-state index contributed by atoms with van der Waals surface area (Å²) < 4.78 is 6.97. The van der Waals surface area contributed by atoms with Crippen LogP contribution in [0.1, 0.15) is 17.5 Å². The van der Waals surface area contributed by atoms with E-state index in [9.17, 15) is 0 Å². The van der Waals surface area contributed by atoms with Crippen molar-refractivity contribution < 1.29 is 0 Å². The molecule has 6 nitrogen and oxygen atoms in total. The van der Waals surface area contributed by atoms with Gasteiger partial charge in [-0.25, -0.2) is 15.0 Å². The van der Waals surface area contributed by atoms with Crippen molar-refractivity contribution >= 4 is 198 Å². The molecule has 0 fully saturated rings. The van der Waals surface area contributed by atoms with Gasteiger partial charge in [-0.05, 0) is 308 Å². The number of rotatable bonds is 6. The van der Waals surface area contributed by atoms with Gasteiger partial charge in [0, 0.05) is 29.4 Å². The zero-order chi connectivity index (χ0) is 88.9. The van der Waals surface area contributed by atoms with Crippen LogP contribution in [0.2, 0.25) is 0 Å². The van der Waals surface area contributed by atoms with Gasteiger partial charge in [-0.15, -0.1) is 0 Å². The van der Waals surface area contributed by atoms with Gasteiger partial charge in [-0.3, -0.25) is 13.7 Å². The molecule has 3 aromatic heterocycles. The molecule has 0 saturated heterocycles. The van der Waals surface area contributed by atoms with Gasteiger partial charge in [0.05, 0.1) is 50.2 Å². The van der Waals surface area contributed by atoms with Crippen LogP contribution in [0, 0.1) is 20.8 Å². The van der Waals surface area contributed by atoms with E-state index in [1.807, 2.05) is 35.3 Å². The fourth-order valence-electron chi connectivity index (χ4n) is 22.7. The third-order valence-electron chi connectivity index (χ3n) is 28.5. The lowest BCUT2D eigenvalue weighted by molar-refractivity contribution is 0.963. The predicted octanol–water partition coefficient (Wildman–Crippen LogP) is 35.2. The lowest BCUT2D eigenvalue weighted by Gasteiger charge is -2.22. The van der Waals surface area contributed by atoms with Crippen LogP contribution in [0.5, 0.6) is 0 Å². The second kappa shape index (κ2) is 30.5. The number of imidazole rings is 3. The third-order valence-corrected chi connectivity index (χ3v) is 31.7. The number of hydrogen-bond acceptors (Lipinski definition) is 6. The van der Waals surface area contributed by atoms with Crippen LogP contribution in [-0.4, -0.2) is 28.7 Å². The average molecular weight is 1770 g/mol. The Morgan fingerprint density at radius 1 is 0.170 bits per heavy atom. The summed E-state index contributed by atoms with van der Waals surface area (Å²) in [5, 5.41) is 30.6. The second-order valence-corrected chi connectivity index (χ2v) is 39.1. The molecule has 630 valence electrons. The summed E-state index contributed by atoms with van der Waals surface area (Å²) in [5.41, 5.74) is 25.6. The zero-order valence-electron chi connectivity index (χ0n) is 73.7. The summed E-state index contributed by atoms with van der Waals surface area (Å²) in [5.74, 6) is 3.07. The van der Waals surface area contributed by atoms with Crippen molar-refractivity contribution in [3.63, 3.8) is 0 Å². The molecule has 0 saturated carbocycles. The molecule has 3 aliphatic rings. The molecular weight excluding hydrogens is 1690 g/mol. The minimum absolute atomic E-state index is 1.02. The number of aryl methyl sites for hydroxylation is 3. The first kappa shape index (κ1) is 77.6. The number of hydrogen-bond donors (Lipinski definition) is 0. The number of fused-ring (bicyclic) bond motifs is 21. The minimum Gasteiger partial charge on any atom is -0.294 e. The van der Waals surface area contributed by atoms with Crippen molar-refractivity contribution in [2.45, 2.75) is 50.1 Å². The van der Waals surface area contributed by atoms with E-state index in [1.165, 1.54) is 259 Å². The lowest BCUT2D eigenvalue weighted by Crippen LogP contribution is -2.03. The quantitative estimate of drug-likeness (QED) is 0.122. The summed E-state index contributed by atoms with van der Waals surface area (Å²) >= 11 is 5.55. The van der Waals surface area contributed by atoms with Crippen LogP contribution in [0.25, 0.3) is 246 Å². The first-order valence-electron chi connectivity index (χ1n) is 46.2. The van der Waals surface area contributed by atoms with Crippen molar-refractivity contribution in [2.75, 3.05) is 0 Å². The Bertz CT molecular complexity index is 9700. The van der Waals surface area contributed by atoms with E-state index in [0.717, 1.165) is 34.0 Å². The number of para-hydroxylation sites is 3. The van der Waals surface area contributed by atoms with Crippen LogP contribution >= 0.6 is 35.3 Å². The Morgan fingerprint density at radius 3 is 0.800 bits per heavy atom. The Labute approximate surface area is 790 Å². The first-order chi connectivity index (χ1) is 66.7. The van der Waals surface area contributed by atoms with Crippen LogP contribution in [0.4, 0.5) is 0 Å². The molecule has 6 heterocycles. The smallest absolute Gasteiger partial charge is 0.111 e. The van der Waals surface area contributed by atoms with E-state index < -0.39 is 0 Å². The topological polar surface area (TPSA) is 53.5 Å². The maximum atomic E-state index is 4.87. The molecule has 0 spiro atoms. The minimum atomic E-state index is 1.02. The van der Waals surface area contributed by atoms with E-state index >= 15 is 0 Å². The standard InChI is InChI=1S/3C42H26N2S/c1-25-43-36-15-8-16-38-42(36)44(25)37-22-20-29(24-39(37)45-38)41-34-13-6-4-11-32(34)40(33-12-5-7-14-35(33)41)28-19-21-31-27(23-28)18-17-26-9-2-3-10-30(26)31;1-25-43-36-15-8-16-38-42(36)44(25)37-22-21-29(24-39(37)45-38)41-33-13-6-4-11-31(33)40(32-12-5-7-14-34(32)41)28-20-19-27-18-17-26-9-2-3-10-30(26)35(27)23-28;1-25-43-36-19-10-20-38-42(36)44(25)37-22-21-27(24-39(37)45-38)40-31-15-6-8-17-33(31)41(34-18-9-7-16-32(34)40)35-23-26-11-2-3-12-28(26)29-13-4-5-14-30(29)35/h3*2-24H,1H3. The van der Waals surface area contributed by atoms with Crippen molar-refractivity contribution in [3.8, 4) is 83.8 Å². The van der Waals surface area contributed by atoms with E-state index in [4.69, 9.17) is 15.0 Å². The van der Waals surface area contributed by atoms with Crippen molar-refractivity contribution in [1.82, 2.24) is 28.7 Å². The van der Waals surface area contributed by atoms with Gasteiger partial charge in [0.25, 0.3) is 0 Å². The normalized spacial score (nSPS) is 12.5. The Hall–Kier alpha value is -16.1. The summed E-state index contributed by atoms with van der Waals surface area (Å²) in [6.45, 7) is 6.31. The second-order valence-electron chi connectivity index (χ2n) is 35.9. The number of benzene rings is 24. The van der Waals surface area contributed by atoms with Crippen LogP contribution < -0.4 is 0 Å². The van der Waals surface area contributed by atoms with Crippen LogP contribution in [0.3, 0.4) is 0 Å². The molecule has 0 N–H and O–H groups in total. The van der Waals surface area contributed by atoms with E-state index in [1.54, 1.807) is 0 Å². The number of nitrogens with zero attached hydrogens (tertiary/aromatic N) is 6. The van der Waals surface area contributed by atoms with E-state index in [2.05, 4.69) is 453 Å². The molecule has 135 heavy (non-hydrogen) atoms. The van der Waals surface area contributed by atoms with Gasteiger partial charge in [-0.2, -0.15) is 0 Å². The fraction of sp³-hybridized carbons (Fsp3) is 0.0238. The highest BCUT2D eigenvalue weighted by atomic mass is 32.2. The van der Waals surface area contributed by atoms with Gasteiger partial charge in [0.15, 0.2) is 0 Å². The maximum Gasteiger partial charge on any atom is 0.111 e. The summed E-state index contributed by atoms with van der Waals surface area (Å²) in [4.78, 5) is 22.2. The van der Waals surface area contributed by atoms with E-state index in [0.29, 0.717) is 0 Å². The predicted molar refractivity (Wildman–Crippen MR) is 572 cm³/mol. The lowest BCUT2D eigenvalue weighted by atomic mass is 9.84. The van der Waals surface area contributed by atoms with Gasteiger partial charge in [-0.1, -0.05) is 363 Å². The molecule has 9 heteroatoms. The largest absolute Gasteiger partial charge is 0.294 e. The molecule has 0 aliphatic carbocycles. The fourth-order valence-corrected chi connectivity index (χ4v) is 26.1. The average Bonchev–Trinajstić information content (AvgIpc) is 1.57. The molecule has 30 rings (SSSR count). The van der Waals surface area contributed by atoms with Crippen molar-refractivity contribution in [2.24, 2.45) is 0 Å². The zero-order valence-corrected chi connectivity index (χ0v) is 76.2. The van der Waals surface area contributed by atoms with Gasteiger partial charge >= 0.3 is 0 Å². The molecule has 0 unspecified atom stereocenters. The molecular formula is C126H78N6S3. The van der Waals surface area contributed by atoms with Crippen LogP contribution in [-0.2, 0) is 0 Å². The SMILES string of the molecule is Cc1nc2cccc3c2n1-c1ccc(-c2c4ccccc4c(-c4cc5ccccc5c5ccccc45)c4ccccc24)cc1S3.Cc1nc2cccc3c2n1-c1ccc(-c2c4ccccc4c(-c4ccc5c(ccc6ccccc65)c4)c4ccccc24)cc1S3.Cc1nc2cccc3c2n1-c1ccc(-c2c4ccccc4c(-c4ccc5ccc6ccccc6c5c4)c4ccccc24)cc1S3. The molecule has 0 amide bonds. The monoisotopic (exact) mass is 1770 g/mol. The Kier molecular flexibility index (Phi) is 17.5. The molecule has 3 aliphatic heterocycles. The van der Waals surface area contributed by atoms with Crippen molar-refractivity contribution in [1.29, 1.82) is 0 Å². The van der Waals surface area contributed by atoms with Gasteiger partial charge < -0.3 is 0 Å². The highest BCUT2D eigenvalue weighted by Crippen LogP contribution is 2.55. The Balaban J connectivity index is 0.000000101. The van der Waals surface area contributed by atoms with Crippen LogP contribution in [0.15, 0.2) is 448 Å². The Morgan fingerprint density at radius 2 is 0.422 bits per heavy atom. The highest BCUT2D eigenvalue weighted by Gasteiger charge is 2.30. The molecule has 24 aromatic carbocycles.